The summed E-state index contributed by atoms with van der Waals surface area (Å²) >= 11 is 0. The van der Waals surface area contributed by atoms with Crippen molar-refractivity contribution in [2.75, 3.05) is 0 Å². The Morgan fingerprint density at radius 1 is 1.24 bits per heavy atom. The number of benzene rings is 1. The molecule has 2 nitrogen and oxygen atoms in total. The van der Waals surface area contributed by atoms with Gasteiger partial charge in [0.2, 0.25) is 0 Å². The van der Waals surface area contributed by atoms with Gasteiger partial charge in [-0.15, -0.1) is 0 Å². The van der Waals surface area contributed by atoms with Crippen LogP contribution in [0.5, 0.6) is 5.75 Å². The summed E-state index contributed by atoms with van der Waals surface area (Å²) in [5, 5.41) is 13.1. The van der Waals surface area contributed by atoms with Gasteiger partial charge < -0.3 is 10.4 Å². The number of aromatic hydroxyl groups is 1. The molecule has 0 bridgehead atoms. The number of hydrogen-bond donors (Lipinski definition) is 2. The van der Waals surface area contributed by atoms with Crippen molar-refractivity contribution in [3.05, 3.63) is 29.6 Å². The molecule has 0 heterocycles. The number of hydrogen-bond acceptors (Lipinski definition) is 2. The Morgan fingerprint density at radius 2 is 1.88 bits per heavy atom. The molecule has 0 amide bonds. The van der Waals surface area contributed by atoms with Crippen LogP contribution in [0.3, 0.4) is 0 Å². The highest BCUT2D eigenvalue weighted by Crippen LogP contribution is 2.25. The Labute approximate surface area is 103 Å². The molecular weight excluding hydrogens is 217 g/mol. The average molecular weight is 239 g/mol. The highest BCUT2D eigenvalue weighted by atomic mass is 19.1. The molecule has 0 fully saturated rings. The van der Waals surface area contributed by atoms with Crippen molar-refractivity contribution in [1.29, 1.82) is 0 Å². The van der Waals surface area contributed by atoms with Crippen molar-refractivity contribution in [1.82, 2.24) is 5.32 Å². The normalized spacial score (nSPS) is 14.9. The summed E-state index contributed by atoms with van der Waals surface area (Å²) in [6.07, 6.45) is 1.08. The fourth-order valence-corrected chi connectivity index (χ4v) is 2.17. The van der Waals surface area contributed by atoms with E-state index in [9.17, 15) is 9.50 Å². The van der Waals surface area contributed by atoms with Gasteiger partial charge in [0.1, 0.15) is 11.6 Å². The van der Waals surface area contributed by atoms with Gasteiger partial charge in [0.25, 0.3) is 0 Å². The molecule has 0 aromatic heterocycles. The lowest BCUT2D eigenvalue weighted by Crippen LogP contribution is -2.30. The molecule has 0 aliphatic rings. The largest absolute Gasteiger partial charge is 0.508 e. The highest BCUT2D eigenvalue weighted by molar-refractivity contribution is 5.34. The van der Waals surface area contributed by atoms with Crippen LogP contribution in [0.15, 0.2) is 18.2 Å². The molecular formula is C14H22FNO. The van der Waals surface area contributed by atoms with Gasteiger partial charge in [0, 0.05) is 23.7 Å². The van der Waals surface area contributed by atoms with E-state index < -0.39 is 5.82 Å². The van der Waals surface area contributed by atoms with Crippen LogP contribution in [0.25, 0.3) is 0 Å². The van der Waals surface area contributed by atoms with E-state index in [1.54, 1.807) is 6.07 Å². The zero-order chi connectivity index (χ0) is 13.0. The van der Waals surface area contributed by atoms with E-state index in [2.05, 4.69) is 26.1 Å². The second kappa shape index (κ2) is 6.01. The van der Waals surface area contributed by atoms with E-state index in [0.29, 0.717) is 12.0 Å². The van der Waals surface area contributed by atoms with Crippen LogP contribution in [0.2, 0.25) is 0 Å². The molecule has 2 unspecified atom stereocenters. The van der Waals surface area contributed by atoms with Crippen LogP contribution < -0.4 is 5.32 Å². The third-order valence-electron chi connectivity index (χ3n) is 2.82. The van der Waals surface area contributed by atoms with Gasteiger partial charge in [-0.3, -0.25) is 0 Å². The van der Waals surface area contributed by atoms with Gasteiger partial charge >= 0.3 is 0 Å². The van der Waals surface area contributed by atoms with Crippen molar-refractivity contribution in [3.8, 4) is 5.75 Å². The first-order chi connectivity index (χ1) is 7.90. The molecule has 96 valence electrons. The molecule has 0 aliphatic carbocycles. The summed E-state index contributed by atoms with van der Waals surface area (Å²) in [6.45, 7) is 8.46. The lowest BCUT2D eigenvalue weighted by molar-refractivity contribution is 0.393. The summed E-state index contributed by atoms with van der Waals surface area (Å²) in [4.78, 5) is 0. The van der Waals surface area contributed by atoms with Crippen molar-refractivity contribution < 1.29 is 9.50 Å². The van der Waals surface area contributed by atoms with E-state index in [-0.39, 0.29) is 11.8 Å². The van der Waals surface area contributed by atoms with Crippen LogP contribution in [0.4, 0.5) is 4.39 Å². The minimum atomic E-state index is -0.409. The van der Waals surface area contributed by atoms with Crippen LogP contribution >= 0.6 is 0 Å². The summed E-state index contributed by atoms with van der Waals surface area (Å²) < 4.78 is 12.9. The predicted octanol–water partition coefficient (Wildman–Crippen LogP) is 3.62. The zero-order valence-electron chi connectivity index (χ0n) is 11.0. The number of phenols is 1. The molecule has 0 saturated carbocycles. The molecule has 3 heteroatoms. The molecule has 0 saturated heterocycles. The minimum absolute atomic E-state index is 0.0155. The lowest BCUT2D eigenvalue weighted by atomic mass is 10.0. The van der Waals surface area contributed by atoms with Gasteiger partial charge in [-0.1, -0.05) is 19.9 Å². The Balaban J connectivity index is 2.66. The standard InChI is InChI=1S/C14H22FNO/c1-9(2)7-10(3)16-11(4)13-6-5-12(15)8-14(13)17/h5-6,8-11,16-17H,7H2,1-4H3. The average Bonchev–Trinajstić information content (AvgIpc) is 2.15. The number of halogens is 1. The molecule has 1 aromatic rings. The number of phenolic OH excluding ortho intramolecular Hbond substituents is 1. The van der Waals surface area contributed by atoms with Crippen molar-refractivity contribution in [2.24, 2.45) is 5.92 Å². The quantitative estimate of drug-likeness (QED) is 0.822. The molecule has 0 spiro atoms. The topological polar surface area (TPSA) is 32.3 Å². The maximum absolute atomic E-state index is 12.9. The third kappa shape index (κ3) is 4.35. The predicted molar refractivity (Wildman–Crippen MR) is 68.5 cm³/mol. The smallest absolute Gasteiger partial charge is 0.126 e. The monoisotopic (exact) mass is 239 g/mol. The first-order valence-corrected chi connectivity index (χ1v) is 6.14. The minimum Gasteiger partial charge on any atom is -0.508 e. The van der Waals surface area contributed by atoms with E-state index in [4.69, 9.17) is 0 Å². The van der Waals surface area contributed by atoms with Gasteiger partial charge in [-0.2, -0.15) is 0 Å². The van der Waals surface area contributed by atoms with E-state index in [0.717, 1.165) is 18.1 Å². The van der Waals surface area contributed by atoms with Crippen LogP contribution in [-0.4, -0.2) is 11.1 Å². The van der Waals surface area contributed by atoms with Crippen LogP contribution in [-0.2, 0) is 0 Å². The Hall–Kier alpha value is -1.09. The van der Waals surface area contributed by atoms with E-state index >= 15 is 0 Å². The molecule has 0 aliphatic heterocycles. The maximum Gasteiger partial charge on any atom is 0.126 e. The Bertz CT molecular complexity index is 365. The zero-order valence-corrected chi connectivity index (χ0v) is 11.0. The fraction of sp³-hybridized carbons (Fsp3) is 0.571. The first kappa shape index (κ1) is 14.0. The van der Waals surface area contributed by atoms with Crippen molar-refractivity contribution in [2.45, 2.75) is 46.2 Å². The lowest BCUT2D eigenvalue weighted by Gasteiger charge is -2.22. The van der Waals surface area contributed by atoms with Crippen molar-refractivity contribution >= 4 is 0 Å². The molecule has 2 N–H and O–H groups in total. The van der Waals surface area contributed by atoms with Crippen LogP contribution in [0, 0.1) is 11.7 Å². The SMILES string of the molecule is CC(C)CC(C)NC(C)c1ccc(F)cc1O. The third-order valence-corrected chi connectivity index (χ3v) is 2.82. The fourth-order valence-electron chi connectivity index (χ4n) is 2.17. The summed E-state index contributed by atoms with van der Waals surface area (Å²) in [5.41, 5.74) is 0.738. The van der Waals surface area contributed by atoms with Gasteiger partial charge in [-0.05, 0) is 32.3 Å². The second-order valence-electron chi connectivity index (χ2n) is 5.12. The number of nitrogens with one attached hydrogen (secondary N) is 1. The summed E-state index contributed by atoms with van der Waals surface area (Å²) in [6, 6.07) is 4.55. The van der Waals surface area contributed by atoms with Gasteiger partial charge in [0.05, 0.1) is 0 Å². The summed E-state index contributed by atoms with van der Waals surface area (Å²) in [7, 11) is 0. The van der Waals surface area contributed by atoms with E-state index in [1.807, 2.05) is 6.92 Å². The second-order valence-corrected chi connectivity index (χ2v) is 5.12. The molecule has 17 heavy (non-hydrogen) atoms. The van der Waals surface area contributed by atoms with Gasteiger partial charge in [-0.25, -0.2) is 4.39 Å². The molecule has 1 rings (SSSR count). The Morgan fingerprint density at radius 3 is 2.41 bits per heavy atom. The van der Waals surface area contributed by atoms with E-state index in [1.165, 1.54) is 6.07 Å². The van der Waals surface area contributed by atoms with Crippen LogP contribution in [0.1, 0.15) is 45.7 Å². The number of rotatable bonds is 5. The molecule has 1 aromatic carbocycles. The first-order valence-electron chi connectivity index (χ1n) is 6.14. The summed E-state index contributed by atoms with van der Waals surface area (Å²) in [5.74, 6) is 0.238. The van der Waals surface area contributed by atoms with Crippen molar-refractivity contribution in [3.63, 3.8) is 0 Å². The molecule has 0 radical (unpaired) electrons. The molecule has 2 atom stereocenters. The van der Waals surface area contributed by atoms with Gasteiger partial charge in [0.15, 0.2) is 0 Å². The highest BCUT2D eigenvalue weighted by Gasteiger charge is 2.14. The Kier molecular flexibility index (Phi) is 4.94. The maximum atomic E-state index is 12.9.